The Balaban J connectivity index is 1.87. The molecule has 1 aliphatic heterocycles. The lowest BCUT2D eigenvalue weighted by Gasteiger charge is -2.35. The van der Waals surface area contributed by atoms with Crippen LogP contribution in [-0.2, 0) is 4.79 Å². The predicted octanol–water partition coefficient (Wildman–Crippen LogP) is 0.460. The molecule has 0 spiro atoms. The van der Waals surface area contributed by atoms with Crippen LogP contribution < -0.4 is 15.8 Å². The highest BCUT2D eigenvalue weighted by molar-refractivity contribution is 6.32. The Morgan fingerprint density at radius 1 is 1.45 bits per heavy atom. The molecule has 1 amide bonds. The number of halogens is 1. The molecule has 0 unspecified atom stereocenters. The van der Waals surface area contributed by atoms with Crippen molar-refractivity contribution in [1.29, 1.82) is 0 Å². The highest BCUT2D eigenvalue weighted by atomic mass is 35.5. The topological polar surface area (TPSA) is 81.3 Å². The number of hydrogen-bond donors (Lipinski definition) is 2. The van der Waals surface area contributed by atoms with E-state index in [0.29, 0.717) is 25.3 Å². The predicted molar refractivity (Wildman–Crippen MR) is 86.4 cm³/mol. The quantitative estimate of drug-likeness (QED) is 0.821. The van der Waals surface area contributed by atoms with Gasteiger partial charge in [0.25, 0.3) is 5.56 Å². The van der Waals surface area contributed by atoms with Crippen LogP contribution in [0.2, 0.25) is 5.02 Å². The fourth-order valence-electron chi connectivity index (χ4n) is 2.37. The van der Waals surface area contributed by atoms with Crippen molar-refractivity contribution in [3.8, 4) is 0 Å². The van der Waals surface area contributed by atoms with Crippen molar-refractivity contribution in [2.75, 3.05) is 37.6 Å². The molecule has 0 saturated carbocycles. The zero-order chi connectivity index (χ0) is 16.1. The molecular weight excluding hydrogens is 306 g/mol. The van der Waals surface area contributed by atoms with Crippen molar-refractivity contribution in [1.82, 2.24) is 20.4 Å². The van der Waals surface area contributed by atoms with E-state index in [-0.39, 0.29) is 22.5 Å². The monoisotopic (exact) mass is 327 g/mol. The molecule has 22 heavy (non-hydrogen) atoms. The SMILES string of the molecule is CC[C@@H](C)NC(=O)CN1CCN(c2cn[nH]c(=O)c2Cl)CC1. The molecule has 1 aromatic rings. The summed E-state index contributed by atoms with van der Waals surface area (Å²) < 4.78 is 0. The van der Waals surface area contributed by atoms with E-state index in [9.17, 15) is 9.59 Å². The number of nitrogens with one attached hydrogen (secondary N) is 2. The van der Waals surface area contributed by atoms with Gasteiger partial charge in [0.05, 0.1) is 18.4 Å². The minimum absolute atomic E-state index is 0.0543. The Morgan fingerprint density at radius 2 is 2.14 bits per heavy atom. The van der Waals surface area contributed by atoms with E-state index in [2.05, 4.69) is 20.4 Å². The van der Waals surface area contributed by atoms with Crippen molar-refractivity contribution in [3.63, 3.8) is 0 Å². The number of nitrogens with zero attached hydrogens (tertiary/aromatic N) is 3. The fraction of sp³-hybridized carbons (Fsp3) is 0.643. The molecule has 1 aliphatic rings. The summed E-state index contributed by atoms with van der Waals surface area (Å²) in [4.78, 5) is 27.5. The first-order valence-electron chi connectivity index (χ1n) is 7.51. The van der Waals surface area contributed by atoms with Crippen LogP contribution >= 0.6 is 11.6 Å². The lowest BCUT2D eigenvalue weighted by Crippen LogP contribution is -2.50. The van der Waals surface area contributed by atoms with Crippen LogP contribution in [0.3, 0.4) is 0 Å². The first-order chi connectivity index (χ1) is 10.5. The van der Waals surface area contributed by atoms with Gasteiger partial charge in [0.15, 0.2) is 0 Å². The van der Waals surface area contributed by atoms with E-state index >= 15 is 0 Å². The van der Waals surface area contributed by atoms with Gasteiger partial charge in [0, 0.05) is 32.2 Å². The van der Waals surface area contributed by atoms with Gasteiger partial charge in [-0.2, -0.15) is 5.10 Å². The average Bonchev–Trinajstić information content (AvgIpc) is 2.50. The number of carbonyl (C=O) groups excluding carboxylic acids is 1. The molecule has 0 aromatic carbocycles. The molecule has 2 N–H and O–H groups in total. The number of amides is 1. The van der Waals surface area contributed by atoms with Gasteiger partial charge in [-0.1, -0.05) is 18.5 Å². The van der Waals surface area contributed by atoms with Gasteiger partial charge in [0.1, 0.15) is 5.02 Å². The first kappa shape index (κ1) is 16.8. The standard InChI is InChI=1S/C14H22ClN5O2/c1-3-10(2)17-12(21)9-19-4-6-20(7-5-19)11-8-16-18-14(22)13(11)15/h8,10H,3-7,9H2,1-2H3,(H,17,21)(H,18,22)/t10-/m1/s1. The van der Waals surface area contributed by atoms with Crippen LogP contribution in [0.4, 0.5) is 5.69 Å². The number of aromatic nitrogens is 2. The maximum Gasteiger partial charge on any atom is 0.285 e. The number of rotatable bonds is 5. The minimum atomic E-state index is -0.380. The third kappa shape index (κ3) is 4.20. The summed E-state index contributed by atoms with van der Waals surface area (Å²) in [6.45, 7) is 7.36. The summed E-state index contributed by atoms with van der Waals surface area (Å²) in [5.74, 6) is 0.0543. The maximum atomic E-state index is 11.9. The van der Waals surface area contributed by atoms with E-state index in [1.165, 1.54) is 0 Å². The molecule has 2 heterocycles. The Bertz CT molecular complexity index is 569. The molecule has 0 radical (unpaired) electrons. The van der Waals surface area contributed by atoms with Gasteiger partial charge in [0.2, 0.25) is 5.91 Å². The molecule has 1 atom stereocenters. The van der Waals surface area contributed by atoms with Crippen molar-refractivity contribution < 1.29 is 4.79 Å². The normalized spacial score (nSPS) is 17.3. The van der Waals surface area contributed by atoms with Crippen LogP contribution in [0, 0.1) is 0 Å². The minimum Gasteiger partial charge on any atom is -0.366 e. The second kappa shape index (κ2) is 7.60. The van der Waals surface area contributed by atoms with Crippen molar-refractivity contribution in [2.45, 2.75) is 26.3 Å². The summed E-state index contributed by atoms with van der Waals surface area (Å²) in [5, 5.41) is 9.23. The summed E-state index contributed by atoms with van der Waals surface area (Å²) in [5.41, 5.74) is 0.267. The van der Waals surface area contributed by atoms with Gasteiger partial charge < -0.3 is 10.2 Å². The third-order valence-corrected chi connectivity index (χ3v) is 4.24. The second-order valence-corrected chi connectivity index (χ2v) is 5.92. The molecule has 8 heteroatoms. The van der Waals surface area contributed by atoms with Crippen LogP contribution in [0.5, 0.6) is 0 Å². The number of aromatic amines is 1. The molecule has 122 valence electrons. The Kier molecular flexibility index (Phi) is 5.79. The zero-order valence-electron chi connectivity index (χ0n) is 12.9. The van der Waals surface area contributed by atoms with Crippen molar-refractivity contribution >= 4 is 23.2 Å². The molecule has 7 nitrogen and oxygen atoms in total. The van der Waals surface area contributed by atoms with Gasteiger partial charge in [-0.25, -0.2) is 5.10 Å². The second-order valence-electron chi connectivity index (χ2n) is 5.54. The Labute approximate surface area is 134 Å². The Hall–Kier alpha value is -1.60. The highest BCUT2D eigenvalue weighted by Crippen LogP contribution is 2.21. The van der Waals surface area contributed by atoms with Gasteiger partial charge in [-0.3, -0.25) is 14.5 Å². The maximum absolute atomic E-state index is 11.9. The van der Waals surface area contributed by atoms with E-state index in [1.807, 2.05) is 18.7 Å². The molecule has 1 aromatic heterocycles. The molecular formula is C14H22ClN5O2. The van der Waals surface area contributed by atoms with Gasteiger partial charge in [-0.05, 0) is 13.3 Å². The summed E-state index contributed by atoms with van der Waals surface area (Å²) in [7, 11) is 0. The summed E-state index contributed by atoms with van der Waals surface area (Å²) >= 11 is 6.02. The molecule has 2 rings (SSSR count). The van der Waals surface area contributed by atoms with Gasteiger partial charge >= 0.3 is 0 Å². The van der Waals surface area contributed by atoms with Crippen LogP contribution in [0.15, 0.2) is 11.0 Å². The fourth-order valence-corrected chi connectivity index (χ4v) is 2.58. The van der Waals surface area contributed by atoms with Crippen molar-refractivity contribution in [3.05, 3.63) is 21.6 Å². The third-order valence-electron chi connectivity index (χ3n) is 3.88. The van der Waals surface area contributed by atoms with Crippen LogP contribution in [-0.4, -0.2) is 59.8 Å². The van der Waals surface area contributed by atoms with E-state index in [4.69, 9.17) is 11.6 Å². The number of H-pyrrole nitrogens is 1. The van der Waals surface area contributed by atoms with E-state index in [0.717, 1.165) is 19.5 Å². The van der Waals surface area contributed by atoms with E-state index in [1.54, 1.807) is 6.20 Å². The lowest BCUT2D eigenvalue weighted by molar-refractivity contribution is -0.122. The van der Waals surface area contributed by atoms with Crippen LogP contribution in [0.25, 0.3) is 0 Å². The van der Waals surface area contributed by atoms with Crippen molar-refractivity contribution in [2.24, 2.45) is 0 Å². The number of piperazine rings is 1. The van der Waals surface area contributed by atoms with E-state index < -0.39 is 0 Å². The first-order valence-corrected chi connectivity index (χ1v) is 7.89. The summed E-state index contributed by atoms with van der Waals surface area (Å²) in [6, 6.07) is 0.203. The average molecular weight is 328 g/mol. The highest BCUT2D eigenvalue weighted by Gasteiger charge is 2.21. The zero-order valence-corrected chi connectivity index (χ0v) is 13.7. The summed E-state index contributed by atoms with van der Waals surface area (Å²) in [6.07, 6.45) is 2.49. The van der Waals surface area contributed by atoms with Crippen LogP contribution in [0.1, 0.15) is 20.3 Å². The molecule has 1 saturated heterocycles. The lowest BCUT2D eigenvalue weighted by atomic mass is 10.2. The number of anilines is 1. The Morgan fingerprint density at radius 3 is 2.77 bits per heavy atom. The number of carbonyl (C=O) groups is 1. The number of hydrogen-bond acceptors (Lipinski definition) is 5. The van der Waals surface area contributed by atoms with Gasteiger partial charge in [-0.15, -0.1) is 0 Å². The molecule has 1 fully saturated rings. The smallest absolute Gasteiger partial charge is 0.285 e. The largest absolute Gasteiger partial charge is 0.366 e. The molecule has 0 aliphatic carbocycles. The molecule has 0 bridgehead atoms.